The van der Waals surface area contributed by atoms with E-state index in [1.54, 1.807) is 6.21 Å². The van der Waals surface area contributed by atoms with Gasteiger partial charge in [0.05, 0.1) is 26.0 Å². The van der Waals surface area contributed by atoms with E-state index in [2.05, 4.69) is 44.8 Å². The average molecular weight is 480 g/mol. The molecule has 2 aliphatic rings. The fourth-order valence-electron chi connectivity index (χ4n) is 4.51. The smallest absolute Gasteiger partial charge is 0.220 e. The van der Waals surface area contributed by atoms with Crippen molar-refractivity contribution in [1.29, 1.82) is 0 Å². The molecule has 2 N–H and O–H groups in total. The van der Waals surface area contributed by atoms with Crippen molar-refractivity contribution in [3.63, 3.8) is 0 Å². The fourth-order valence-corrected chi connectivity index (χ4v) is 4.51. The van der Waals surface area contributed by atoms with Gasteiger partial charge in [-0.3, -0.25) is 10.2 Å². The van der Waals surface area contributed by atoms with Crippen LogP contribution in [0.5, 0.6) is 5.88 Å². The van der Waals surface area contributed by atoms with Gasteiger partial charge in [0.25, 0.3) is 0 Å². The number of carbonyl (C=O) groups is 1. The highest BCUT2D eigenvalue weighted by molar-refractivity contribution is 5.80. The molecule has 1 aliphatic heterocycles. The molecule has 0 radical (unpaired) electrons. The zero-order valence-electron chi connectivity index (χ0n) is 20.7. The van der Waals surface area contributed by atoms with Gasteiger partial charge in [-0.2, -0.15) is 10.1 Å². The summed E-state index contributed by atoms with van der Waals surface area (Å²) in [6.07, 6.45) is 8.80. The molecule has 1 aromatic carbocycles. The van der Waals surface area contributed by atoms with E-state index in [9.17, 15) is 4.79 Å². The lowest BCUT2D eigenvalue weighted by Crippen LogP contribution is -2.36. The molecule has 0 atom stereocenters. The molecule has 1 saturated carbocycles. The van der Waals surface area contributed by atoms with Gasteiger partial charge in [-0.1, -0.05) is 49.1 Å². The summed E-state index contributed by atoms with van der Waals surface area (Å²) in [6.45, 7) is 5.52. The third-order valence-electron chi connectivity index (χ3n) is 6.37. The van der Waals surface area contributed by atoms with Gasteiger partial charge >= 0.3 is 0 Å². The molecule has 35 heavy (non-hydrogen) atoms. The topological polar surface area (TPSA) is 88.1 Å². The number of ether oxygens (including phenoxy) is 2. The minimum atomic E-state index is 0.114. The summed E-state index contributed by atoms with van der Waals surface area (Å²) in [4.78, 5) is 19.1. The molecule has 2 aromatic rings. The van der Waals surface area contributed by atoms with Crippen molar-refractivity contribution in [2.24, 2.45) is 5.10 Å². The summed E-state index contributed by atoms with van der Waals surface area (Å²) in [5, 5.41) is 7.53. The number of hydrogen-bond donors (Lipinski definition) is 2. The maximum absolute atomic E-state index is 12.3. The van der Waals surface area contributed by atoms with Gasteiger partial charge in [0, 0.05) is 43.4 Å². The lowest BCUT2D eigenvalue weighted by atomic mass is 9.95. The highest BCUT2D eigenvalue weighted by Gasteiger charge is 2.16. The van der Waals surface area contributed by atoms with Crippen LogP contribution in [0.4, 0.5) is 11.5 Å². The summed E-state index contributed by atoms with van der Waals surface area (Å²) < 4.78 is 11.5. The Morgan fingerprint density at radius 3 is 2.83 bits per heavy atom. The second-order valence-corrected chi connectivity index (χ2v) is 9.29. The Morgan fingerprint density at radius 1 is 1.20 bits per heavy atom. The lowest BCUT2D eigenvalue weighted by molar-refractivity contribution is -0.122. The molecule has 0 unspecified atom stereocenters. The highest BCUT2D eigenvalue weighted by Crippen LogP contribution is 2.25. The first-order valence-corrected chi connectivity index (χ1v) is 12.8. The third-order valence-corrected chi connectivity index (χ3v) is 6.37. The van der Waals surface area contributed by atoms with Crippen LogP contribution in [0.1, 0.15) is 56.1 Å². The number of anilines is 2. The van der Waals surface area contributed by atoms with E-state index in [4.69, 9.17) is 9.47 Å². The molecule has 2 fully saturated rings. The number of carbonyl (C=O) groups excluding carboxylic acids is 1. The minimum Gasteiger partial charge on any atom is -0.478 e. The van der Waals surface area contributed by atoms with Crippen LogP contribution < -0.4 is 20.4 Å². The Kier molecular flexibility index (Phi) is 9.34. The molecule has 4 rings (SSSR count). The summed E-state index contributed by atoms with van der Waals surface area (Å²) in [6, 6.07) is 12.4. The first kappa shape index (κ1) is 25.0. The monoisotopic (exact) mass is 479 g/mol. The minimum absolute atomic E-state index is 0.114. The van der Waals surface area contributed by atoms with E-state index in [-0.39, 0.29) is 5.91 Å². The predicted molar refractivity (Wildman–Crippen MR) is 139 cm³/mol. The second-order valence-electron chi connectivity index (χ2n) is 9.29. The van der Waals surface area contributed by atoms with Crippen LogP contribution in [0, 0.1) is 6.92 Å². The lowest BCUT2D eigenvalue weighted by Gasteiger charge is -2.29. The molecule has 1 aromatic heterocycles. The fraction of sp³-hybridized carbons (Fsp3) is 0.519. The van der Waals surface area contributed by atoms with E-state index in [0.717, 1.165) is 37.2 Å². The van der Waals surface area contributed by atoms with E-state index in [1.807, 2.05) is 24.3 Å². The number of hydrazone groups is 1. The third kappa shape index (κ3) is 8.24. The summed E-state index contributed by atoms with van der Waals surface area (Å²) in [5.41, 5.74) is 6.26. The average Bonchev–Trinajstić information content (AvgIpc) is 2.88. The predicted octanol–water partition coefficient (Wildman–Crippen LogP) is 4.28. The van der Waals surface area contributed by atoms with E-state index >= 15 is 0 Å². The molecule has 188 valence electrons. The quantitative estimate of drug-likeness (QED) is 0.300. The molecule has 1 aliphatic carbocycles. The number of pyridine rings is 1. The van der Waals surface area contributed by atoms with Crippen molar-refractivity contribution < 1.29 is 14.3 Å². The van der Waals surface area contributed by atoms with E-state index in [1.165, 1.54) is 24.8 Å². The first-order valence-electron chi connectivity index (χ1n) is 12.8. The summed E-state index contributed by atoms with van der Waals surface area (Å²) in [7, 11) is 0. The maximum Gasteiger partial charge on any atom is 0.220 e. The van der Waals surface area contributed by atoms with Gasteiger partial charge in [0.1, 0.15) is 0 Å². The molecule has 1 saturated heterocycles. The van der Waals surface area contributed by atoms with Crippen LogP contribution in [-0.2, 0) is 9.53 Å². The zero-order valence-corrected chi connectivity index (χ0v) is 20.7. The van der Waals surface area contributed by atoms with Crippen LogP contribution in [0.2, 0.25) is 0 Å². The van der Waals surface area contributed by atoms with Gasteiger partial charge in [-0.25, -0.2) is 0 Å². The van der Waals surface area contributed by atoms with Crippen molar-refractivity contribution in [3.05, 3.63) is 47.5 Å². The number of aromatic nitrogens is 1. The molecule has 2 heterocycles. The van der Waals surface area contributed by atoms with Gasteiger partial charge in [0.15, 0.2) is 5.82 Å². The molecule has 0 spiro atoms. The van der Waals surface area contributed by atoms with Crippen LogP contribution >= 0.6 is 0 Å². The number of nitrogens with one attached hydrogen (secondary N) is 2. The number of morpholine rings is 1. The Morgan fingerprint density at radius 2 is 2.03 bits per heavy atom. The van der Waals surface area contributed by atoms with Crippen molar-refractivity contribution in [3.8, 4) is 5.88 Å². The van der Waals surface area contributed by atoms with Crippen LogP contribution in [-0.4, -0.2) is 56.1 Å². The van der Waals surface area contributed by atoms with Gasteiger partial charge in [-0.05, 0) is 31.7 Å². The van der Waals surface area contributed by atoms with Crippen molar-refractivity contribution in [2.45, 2.75) is 57.9 Å². The Balaban J connectivity index is 1.33. The summed E-state index contributed by atoms with van der Waals surface area (Å²) >= 11 is 0. The number of hydrogen-bond acceptors (Lipinski definition) is 7. The number of nitrogens with zero attached hydrogens (tertiary/aromatic N) is 3. The number of aryl methyl sites for hydroxylation is 1. The van der Waals surface area contributed by atoms with Gasteiger partial charge in [-0.15, -0.1) is 0 Å². The number of benzene rings is 1. The first-order chi connectivity index (χ1) is 17.2. The zero-order chi connectivity index (χ0) is 24.3. The maximum atomic E-state index is 12.3. The molecule has 8 heteroatoms. The van der Waals surface area contributed by atoms with E-state index < -0.39 is 0 Å². The molecule has 1 amide bonds. The Labute approximate surface area is 208 Å². The normalized spacial score (nSPS) is 16.9. The van der Waals surface area contributed by atoms with Crippen LogP contribution in [0.25, 0.3) is 0 Å². The van der Waals surface area contributed by atoms with Crippen LogP contribution in [0.15, 0.2) is 41.5 Å². The van der Waals surface area contributed by atoms with E-state index in [0.29, 0.717) is 50.4 Å². The standard InChI is InChI=1S/C27H37N5O3/c1-21-7-5-8-22(17-21)20-28-31-25-18-24(32-12-15-34-16-13-32)19-27(30-25)35-14-6-11-26(33)29-23-9-3-2-4-10-23/h5,7-8,17-20,23H,2-4,6,9-16H2,1H3,(H,29,33)(H,30,31)/b28-20+. The SMILES string of the molecule is Cc1cccc(/C=N/Nc2cc(N3CCOCC3)cc(OCCCC(=O)NC3CCCCC3)n2)c1. The molecule has 8 nitrogen and oxygen atoms in total. The molecule has 0 bridgehead atoms. The van der Waals surface area contributed by atoms with Crippen molar-refractivity contribution >= 4 is 23.6 Å². The highest BCUT2D eigenvalue weighted by atomic mass is 16.5. The van der Waals surface area contributed by atoms with Crippen molar-refractivity contribution in [2.75, 3.05) is 43.2 Å². The van der Waals surface area contributed by atoms with Crippen LogP contribution in [0.3, 0.4) is 0 Å². The largest absolute Gasteiger partial charge is 0.478 e. The molecular weight excluding hydrogens is 442 g/mol. The molecular formula is C27H37N5O3. The van der Waals surface area contributed by atoms with Gasteiger partial charge < -0.3 is 19.7 Å². The van der Waals surface area contributed by atoms with Gasteiger partial charge in [0.2, 0.25) is 11.8 Å². The summed E-state index contributed by atoms with van der Waals surface area (Å²) in [5.74, 6) is 1.25. The van der Waals surface area contributed by atoms with Crippen molar-refractivity contribution in [1.82, 2.24) is 10.3 Å². The number of rotatable bonds is 10. The number of amides is 1. The Hall–Kier alpha value is -3.13. The second kappa shape index (κ2) is 13.1. The Bertz CT molecular complexity index is 985.